The maximum Gasteiger partial charge on any atom is 0.465 e. The van der Waals surface area contributed by atoms with E-state index < -0.39 is 7.12 Å². The van der Waals surface area contributed by atoms with Gasteiger partial charge >= 0.3 is 22.5 Å². The minimum absolute atomic E-state index is 0.288. The lowest BCUT2D eigenvalue weighted by atomic mass is 9.75. The van der Waals surface area contributed by atoms with Crippen molar-refractivity contribution in [1.29, 1.82) is 0 Å². The van der Waals surface area contributed by atoms with Gasteiger partial charge in [-0.2, -0.15) is 0 Å². The number of rotatable bonds is 1. The molecule has 1 aromatic rings. The molecule has 0 amide bonds. The largest absolute Gasteiger partial charge is 0.465 e. The molecule has 0 unspecified atom stereocenters. The van der Waals surface area contributed by atoms with Gasteiger partial charge in [-0.3, -0.25) is 0 Å². The van der Waals surface area contributed by atoms with Crippen LogP contribution in [-0.4, -0.2) is 22.5 Å². The molecular formula is C6H4B3FO3. The van der Waals surface area contributed by atoms with Gasteiger partial charge in [0.1, 0.15) is 5.82 Å². The summed E-state index contributed by atoms with van der Waals surface area (Å²) in [6.45, 7) is 0. The van der Waals surface area contributed by atoms with Crippen molar-refractivity contribution in [2.24, 2.45) is 0 Å². The zero-order valence-corrected chi connectivity index (χ0v) is 6.64. The topological polar surface area (TPSA) is 27.7 Å². The van der Waals surface area contributed by atoms with E-state index in [9.17, 15) is 4.39 Å². The van der Waals surface area contributed by atoms with Crippen molar-refractivity contribution in [3.63, 3.8) is 0 Å². The average Bonchev–Trinajstić information content (AvgIpc) is 2.20. The van der Waals surface area contributed by atoms with Crippen LogP contribution >= 0.6 is 0 Å². The number of hydrogen-bond donors (Lipinski definition) is 0. The highest BCUT2D eigenvalue weighted by Gasteiger charge is 2.26. The smallest absolute Gasteiger partial charge is 0.457 e. The Labute approximate surface area is 76.9 Å². The summed E-state index contributed by atoms with van der Waals surface area (Å²) in [6.07, 6.45) is 0. The summed E-state index contributed by atoms with van der Waals surface area (Å²) >= 11 is 0. The number of benzene rings is 1. The number of halogens is 1. The van der Waals surface area contributed by atoms with Gasteiger partial charge < -0.3 is 13.7 Å². The Morgan fingerprint density at radius 3 is 2.31 bits per heavy atom. The summed E-state index contributed by atoms with van der Waals surface area (Å²) in [5, 5.41) is 0. The molecule has 62 valence electrons. The second kappa shape index (κ2) is 3.96. The van der Waals surface area contributed by atoms with Gasteiger partial charge in [0.2, 0.25) is 0 Å². The summed E-state index contributed by atoms with van der Waals surface area (Å²) in [5.41, 5.74) is 0.734. The van der Waals surface area contributed by atoms with Gasteiger partial charge in [0, 0.05) is 0 Å². The van der Waals surface area contributed by atoms with Crippen LogP contribution in [0, 0.1) is 5.82 Å². The molecule has 7 heteroatoms. The van der Waals surface area contributed by atoms with Gasteiger partial charge in [0.05, 0.1) is 0 Å². The molecule has 3 nitrogen and oxygen atoms in total. The first-order valence-electron chi connectivity index (χ1n) is 3.71. The maximum atomic E-state index is 12.5. The first-order chi connectivity index (χ1) is 6.36. The lowest BCUT2D eigenvalue weighted by Gasteiger charge is -2.18. The predicted octanol–water partition coefficient (Wildman–Crippen LogP) is -0.347. The normalized spacial score (nSPS) is 16.2. The predicted molar refractivity (Wildman–Crippen MR) is 46.6 cm³/mol. The second-order valence-electron chi connectivity index (χ2n) is 2.48. The monoisotopic (exact) mass is 176 g/mol. The Balaban J connectivity index is 2.10. The lowest BCUT2D eigenvalue weighted by molar-refractivity contribution is 0.334. The van der Waals surface area contributed by atoms with Crippen molar-refractivity contribution in [3.05, 3.63) is 30.1 Å². The first kappa shape index (κ1) is 8.81. The SMILES string of the molecule is Fc1ccc(B2O[B]O[B]O2)cc1. The third-order valence-corrected chi connectivity index (χ3v) is 1.61. The van der Waals surface area contributed by atoms with Crippen molar-refractivity contribution in [1.82, 2.24) is 0 Å². The van der Waals surface area contributed by atoms with E-state index >= 15 is 0 Å². The zero-order valence-electron chi connectivity index (χ0n) is 6.64. The van der Waals surface area contributed by atoms with Crippen LogP contribution in [0.25, 0.3) is 0 Å². The van der Waals surface area contributed by atoms with Crippen LogP contribution in [0.2, 0.25) is 0 Å². The van der Waals surface area contributed by atoms with E-state index in [1.54, 1.807) is 12.1 Å². The minimum Gasteiger partial charge on any atom is -0.457 e. The third-order valence-electron chi connectivity index (χ3n) is 1.61. The summed E-state index contributed by atoms with van der Waals surface area (Å²) in [7, 11) is 1.78. The minimum atomic E-state index is -0.547. The van der Waals surface area contributed by atoms with Gasteiger partial charge in [-0.1, -0.05) is 12.1 Å². The molecule has 0 atom stereocenters. The van der Waals surface area contributed by atoms with Crippen molar-refractivity contribution < 1.29 is 18.1 Å². The van der Waals surface area contributed by atoms with Gasteiger partial charge in [-0.25, -0.2) is 4.39 Å². The van der Waals surface area contributed by atoms with Crippen LogP contribution in [0.3, 0.4) is 0 Å². The molecule has 2 radical (unpaired) electrons. The molecule has 0 aliphatic carbocycles. The molecule has 13 heavy (non-hydrogen) atoms. The maximum absolute atomic E-state index is 12.5. The van der Waals surface area contributed by atoms with E-state index in [4.69, 9.17) is 9.14 Å². The molecule has 0 N–H and O–H groups in total. The summed E-state index contributed by atoms with van der Waals surface area (Å²) in [4.78, 5) is 0. The van der Waals surface area contributed by atoms with Gasteiger partial charge in [-0.05, 0) is 17.6 Å². The van der Waals surface area contributed by atoms with Crippen LogP contribution < -0.4 is 5.46 Å². The van der Waals surface area contributed by atoms with E-state index in [0.717, 1.165) is 20.8 Å². The summed E-state index contributed by atoms with van der Waals surface area (Å²) < 4.78 is 27.1. The van der Waals surface area contributed by atoms with E-state index in [-0.39, 0.29) is 5.82 Å². The van der Waals surface area contributed by atoms with Crippen LogP contribution in [0.4, 0.5) is 4.39 Å². The summed E-state index contributed by atoms with van der Waals surface area (Å²) in [6, 6.07) is 5.87. The Kier molecular flexibility index (Phi) is 2.68. The highest BCUT2D eigenvalue weighted by molar-refractivity contribution is 6.71. The molecule has 1 saturated heterocycles. The Hall–Kier alpha value is -0.775. The molecule has 1 aromatic carbocycles. The lowest BCUT2D eigenvalue weighted by Crippen LogP contribution is -2.44. The van der Waals surface area contributed by atoms with E-state index in [1.807, 2.05) is 0 Å². The van der Waals surface area contributed by atoms with Crippen LogP contribution in [-0.2, 0) is 13.7 Å². The van der Waals surface area contributed by atoms with Crippen LogP contribution in [0.5, 0.6) is 0 Å². The Morgan fingerprint density at radius 2 is 1.69 bits per heavy atom. The molecule has 0 aromatic heterocycles. The zero-order chi connectivity index (χ0) is 9.10. The van der Waals surface area contributed by atoms with Crippen molar-refractivity contribution in [2.75, 3.05) is 0 Å². The second-order valence-corrected chi connectivity index (χ2v) is 2.48. The van der Waals surface area contributed by atoms with Crippen LogP contribution in [0.15, 0.2) is 24.3 Å². The van der Waals surface area contributed by atoms with Gasteiger partial charge in [-0.15, -0.1) is 0 Å². The summed E-state index contributed by atoms with van der Waals surface area (Å²) in [5.74, 6) is -0.288. The first-order valence-corrected chi connectivity index (χ1v) is 3.71. The quantitative estimate of drug-likeness (QED) is 0.547. The van der Waals surface area contributed by atoms with Crippen LogP contribution in [0.1, 0.15) is 0 Å². The van der Waals surface area contributed by atoms with Gasteiger partial charge in [0.25, 0.3) is 0 Å². The molecule has 0 bridgehead atoms. The molecule has 1 heterocycles. The fraction of sp³-hybridized carbons (Fsp3) is 0. The molecule has 0 saturated carbocycles. The third kappa shape index (κ3) is 2.12. The highest BCUT2D eigenvalue weighted by atomic mass is 19.1. The van der Waals surface area contributed by atoms with E-state index in [0.29, 0.717) is 0 Å². The molecule has 1 fully saturated rings. The molecular weight excluding hydrogens is 171 g/mol. The number of hydrogen-bond acceptors (Lipinski definition) is 3. The molecule has 1 aliphatic heterocycles. The van der Waals surface area contributed by atoms with E-state index in [1.165, 1.54) is 12.1 Å². The molecule has 2 rings (SSSR count). The Morgan fingerprint density at radius 1 is 1.08 bits per heavy atom. The average molecular weight is 176 g/mol. The van der Waals surface area contributed by atoms with Crippen molar-refractivity contribution >= 4 is 28.0 Å². The van der Waals surface area contributed by atoms with E-state index in [2.05, 4.69) is 4.57 Å². The van der Waals surface area contributed by atoms with Gasteiger partial charge in [0.15, 0.2) is 0 Å². The molecule has 0 spiro atoms. The standard InChI is InChI=1S/C6H4B3FO3/c10-6-3-1-5(2-4-6)9-12-7-11-8-13-9/h1-4H. The molecule has 1 aliphatic rings. The van der Waals surface area contributed by atoms with Crippen molar-refractivity contribution in [3.8, 4) is 0 Å². The Bertz CT molecular complexity index is 275. The fourth-order valence-corrected chi connectivity index (χ4v) is 0.997. The fourth-order valence-electron chi connectivity index (χ4n) is 0.997. The van der Waals surface area contributed by atoms with Crippen molar-refractivity contribution in [2.45, 2.75) is 0 Å². The highest BCUT2D eigenvalue weighted by Crippen LogP contribution is 1.99.